The summed E-state index contributed by atoms with van der Waals surface area (Å²) in [5.74, 6) is -0.470. The Bertz CT molecular complexity index is 1200. The van der Waals surface area contributed by atoms with E-state index < -0.39 is 28.1 Å². The monoisotopic (exact) mass is 598 g/mol. The maximum atomic E-state index is 12.7. The van der Waals surface area contributed by atoms with Crippen molar-refractivity contribution in [2.45, 2.75) is 19.6 Å². The van der Waals surface area contributed by atoms with Crippen molar-refractivity contribution < 1.29 is 33.5 Å². The number of carbonyl (C=O) groups excluding carboxylic acids is 3. The van der Waals surface area contributed by atoms with Gasteiger partial charge >= 0.3 is 5.97 Å². The lowest BCUT2D eigenvalue weighted by Gasteiger charge is -2.18. The highest BCUT2D eigenvalue weighted by molar-refractivity contribution is 14.1. The van der Waals surface area contributed by atoms with E-state index in [4.69, 9.17) is 9.47 Å². The number of non-ortho nitro benzene ring substituents is 1. The van der Waals surface area contributed by atoms with Gasteiger partial charge in [0.15, 0.2) is 11.5 Å². The standard InChI is InChI=1S/C22H19IN2O8S/c1-12(21(27)32-3)24-20(26)18(34-22(24)28)10-14-8-16(23)19(17(9-14)31-2)33-11-13-5-4-6-15(7-13)25(29)30/h4-10,12H,11H2,1-3H3/b18-10+/t12-/m0/s1. The van der Waals surface area contributed by atoms with E-state index in [2.05, 4.69) is 4.74 Å². The average Bonchev–Trinajstić information content (AvgIpc) is 3.09. The molecule has 0 N–H and O–H groups in total. The van der Waals surface area contributed by atoms with Crippen LogP contribution in [0.15, 0.2) is 41.3 Å². The fraction of sp³-hybridized carbons (Fsp3) is 0.227. The second kappa shape index (κ2) is 10.9. The number of nitro groups is 1. The van der Waals surface area contributed by atoms with Gasteiger partial charge in [0.05, 0.1) is 27.6 Å². The molecule has 0 bridgehead atoms. The summed E-state index contributed by atoms with van der Waals surface area (Å²) in [6.07, 6.45) is 1.53. The molecule has 2 amide bonds. The Morgan fingerprint density at radius 1 is 1.26 bits per heavy atom. The number of nitro benzene ring substituents is 1. The molecule has 0 spiro atoms. The van der Waals surface area contributed by atoms with Crippen molar-refractivity contribution in [2.75, 3.05) is 14.2 Å². The molecule has 0 unspecified atom stereocenters. The van der Waals surface area contributed by atoms with Crippen molar-refractivity contribution in [3.63, 3.8) is 0 Å². The minimum atomic E-state index is -1.04. The van der Waals surface area contributed by atoms with Crippen LogP contribution in [0.4, 0.5) is 10.5 Å². The van der Waals surface area contributed by atoms with Crippen molar-refractivity contribution in [2.24, 2.45) is 0 Å². The topological polar surface area (TPSA) is 125 Å². The summed E-state index contributed by atoms with van der Waals surface area (Å²) in [6.45, 7) is 1.50. The lowest BCUT2D eigenvalue weighted by Crippen LogP contribution is -2.42. The molecule has 0 aromatic heterocycles. The molecule has 178 valence electrons. The Labute approximate surface area is 212 Å². The zero-order valence-electron chi connectivity index (χ0n) is 18.3. The minimum absolute atomic E-state index is 0.0337. The number of amides is 2. The van der Waals surface area contributed by atoms with E-state index >= 15 is 0 Å². The molecule has 1 heterocycles. The van der Waals surface area contributed by atoms with Crippen LogP contribution in [0.1, 0.15) is 18.1 Å². The van der Waals surface area contributed by atoms with Gasteiger partial charge in [0, 0.05) is 12.1 Å². The number of ether oxygens (including phenoxy) is 3. The molecule has 1 aliphatic rings. The van der Waals surface area contributed by atoms with E-state index in [9.17, 15) is 24.5 Å². The molecule has 0 saturated carbocycles. The molecule has 1 fully saturated rings. The molecule has 1 saturated heterocycles. The van der Waals surface area contributed by atoms with Gasteiger partial charge < -0.3 is 14.2 Å². The number of nitrogens with zero attached hydrogens (tertiary/aromatic N) is 2. The zero-order valence-corrected chi connectivity index (χ0v) is 21.2. The number of esters is 1. The van der Waals surface area contributed by atoms with E-state index in [0.29, 0.717) is 26.2 Å². The van der Waals surface area contributed by atoms with E-state index in [1.165, 1.54) is 39.4 Å². The first-order chi connectivity index (χ1) is 16.2. The lowest BCUT2D eigenvalue weighted by atomic mass is 10.1. The molecular weight excluding hydrogens is 579 g/mol. The number of rotatable bonds is 8. The number of imide groups is 1. The number of benzene rings is 2. The van der Waals surface area contributed by atoms with Crippen LogP contribution in [-0.4, -0.2) is 47.2 Å². The first-order valence-electron chi connectivity index (χ1n) is 9.74. The summed E-state index contributed by atoms with van der Waals surface area (Å²) in [5, 5.41) is 10.4. The second-order valence-electron chi connectivity index (χ2n) is 7.00. The van der Waals surface area contributed by atoms with Crippen molar-refractivity contribution in [1.82, 2.24) is 4.90 Å². The van der Waals surface area contributed by atoms with E-state index in [0.717, 1.165) is 16.7 Å². The minimum Gasteiger partial charge on any atom is -0.493 e. The second-order valence-corrected chi connectivity index (χ2v) is 9.16. The largest absolute Gasteiger partial charge is 0.493 e. The summed E-state index contributed by atoms with van der Waals surface area (Å²) in [4.78, 5) is 48.3. The highest BCUT2D eigenvalue weighted by Crippen LogP contribution is 2.38. The van der Waals surface area contributed by atoms with E-state index in [1.54, 1.807) is 24.3 Å². The predicted octanol–water partition coefficient (Wildman–Crippen LogP) is 4.38. The van der Waals surface area contributed by atoms with Gasteiger partial charge in [-0.2, -0.15) is 0 Å². The van der Waals surface area contributed by atoms with Gasteiger partial charge in [0.2, 0.25) is 0 Å². The third-order valence-corrected chi connectivity index (χ3v) is 6.49. The maximum absolute atomic E-state index is 12.7. The van der Waals surface area contributed by atoms with Gasteiger partial charge in [-0.3, -0.25) is 24.6 Å². The van der Waals surface area contributed by atoms with Gasteiger partial charge in [-0.05, 0) is 70.6 Å². The zero-order chi connectivity index (χ0) is 25.0. The number of hydrogen-bond donors (Lipinski definition) is 0. The van der Waals surface area contributed by atoms with Crippen LogP contribution in [0.2, 0.25) is 0 Å². The summed E-state index contributed by atoms with van der Waals surface area (Å²) < 4.78 is 16.6. The van der Waals surface area contributed by atoms with Crippen LogP contribution in [-0.2, 0) is 20.9 Å². The summed E-state index contributed by atoms with van der Waals surface area (Å²) in [6, 6.07) is 8.46. The SMILES string of the molecule is COC(=O)[C@H](C)N1C(=O)S/C(=C/c2cc(I)c(OCc3cccc([N+](=O)[O-])c3)c(OC)c2)C1=O. The van der Waals surface area contributed by atoms with Crippen LogP contribution in [0, 0.1) is 13.7 Å². The fourth-order valence-corrected chi connectivity index (χ4v) is 4.81. The number of carbonyl (C=O) groups is 3. The summed E-state index contributed by atoms with van der Waals surface area (Å²) in [7, 11) is 2.64. The van der Waals surface area contributed by atoms with E-state index in [1.807, 2.05) is 22.6 Å². The lowest BCUT2D eigenvalue weighted by molar-refractivity contribution is -0.384. The van der Waals surface area contributed by atoms with Crippen LogP contribution < -0.4 is 9.47 Å². The average molecular weight is 598 g/mol. The molecule has 3 rings (SSSR count). The normalized spacial score (nSPS) is 15.4. The molecule has 0 radical (unpaired) electrons. The molecule has 0 aliphatic carbocycles. The van der Waals surface area contributed by atoms with Gasteiger partial charge in [-0.15, -0.1) is 0 Å². The predicted molar refractivity (Wildman–Crippen MR) is 132 cm³/mol. The summed E-state index contributed by atoms with van der Waals surface area (Å²) >= 11 is 2.78. The van der Waals surface area contributed by atoms with Crippen LogP contribution in [0.5, 0.6) is 11.5 Å². The Morgan fingerprint density at radius 3 is 2.65 bits per heavy atom. The molecular formula is C22H19IN2O8S. The Morgan fingerprint density at radius 2 is 2.00 bits per heavy atom. The Balaban J connectivity index is 1.83. The van der Waals surface area contributed by atoms with Gasteiger partial charge in [-0.1, -0.05) is 12.1 Å². The summed E-state index contributed by atoms with van der Waals surface area (Å²) in [5.41, 5.74) is 1.17. The Hall–Kier alpha value is -3.13. The quantitative estimate of drug-likeness (QED) is 0.143. The van der Waals surface area contributed by atoms with Crippen LogP contribution in [0.3, 0.4) is 0 Å². The van der Waals surface area contributed by atoms with Crippen molar-refractivity contribution in [1.29, 1.82) is 0 Å². The molecule has 10 nitrogen and oxygen atoms in total. The van der Waals surface area contributed by atoms with Crippen LogP contribution >= 0.6 is 34.4 Å². The van der Waals surface area contributed by atoms with Crippen molar-refractivity contribution in [3.8, 4) is 11.5 Å². The highest BCUT2D eigenvalue weighted by Gasteiger charge is 2.41. The molecule has 1 atom stereocenters. The van der Waals surface area contributed by atoms with Crippen molar-refractivity contribution in [3.05, 3.63) is 66.1 Å². The number of halogens is 1. The molecule has 12 heteroatoms. The van der Waals surface area contributed by atoms with Crippen LogP contribution in [0.25, 0.3) is 6.08 Å². The number of methoxy groups -OCH3 is 2. The molecule has 2 aromatic rings. The smallest absolute Gasteiger partial charge is 0.328 e. The first kappa shape index (κ1) is 25.5. The highest BCUT2D eigenvalue weighted by atomic mass is 127. The fourth-order valence-electron chi connectivity index (χ4n) is 3.12. The Kier molecular flexibility index (Phi) is 8.15. The third-order valence-electron chi connectivity index (χ3n) is 4.81. The van der Waals surface area contributed by atoms with E-state index in [-0.39, 0.29) is 17.2 Å². The first-order valence-corrected chi connectivity index (χ1v) is 11.6. The maximum Gasteiger partial charge on any atom is 0.328 e. The third kappa shape index (κ3) is 5.50. The molecule has 34 heavy (non-hydrogen) atoms. The molecule has 2 aromatic carbocycles. The van der Waals surface area contributed by atoms with Gasteiger partial charge in [-0.25, -0.2) is 4.79 Å². The number of hydrogen-bond acceptors (Lipinski definition) is 9. The van der Waals surface area contributed by atoms with Crippen molar-refractivity contribution >= 4 is 63.2 Å². The van der Waals surface area contributed by atoms with Gasteiger partial charge in [0.25, 0.3) is 16.8 Å². The van der Waals surface area contributed by atoms with Gasteiger partial charge in [0.1, 0.15) is 12.6 Å². The number of thioether (sulfide) groups is 1. The molecule has 1 aliphatic heterocycles.